The fraction of sp³-hybridized carbons (Fsp3) is 0.467. The van der Waals surface area contributed by atoms with Crippen molar-refractivity contribution >= 4 is 0 Å². The molecule has 4 aromatic rings. The molecular weight excluding hydrogens is 540 g/mol. The molecule has 0 spiro atoms. The summed E-state index contributed by atoms with van der Waals surface area (Å²) in [5, 5.41) is 0. The molecule has 0 aliphatic heterocycles. The summed E-state index contributed by atoms with van der Waals surface area (Å²) in [5.74, 6) is 0. The van der Waals surface area contributed by atoms with Crippen LogP contribution in [-0.2, 0) is 33.5 Å². The Labute approximate surface area is 276 Å². The van der Waals surface area contributed by atoms with Crippen LogP contribution in [0.4, 0.5) is 0 Å². The summed E-state index contributed by atoms with van der Waals surface area (Å²) in [6.45, 7) is 36.0. The Morgan fingerprint density at radius 3 is 1.33 bits per heavy atom. The highest BCUT2D eigenvalue weighted by Gasteiger charge is 2.39. The van der Waals surface area contributed by atoms with Crippen molar-refractivity contribution < 1.29 is 0 Å². The summed E-state index contributed by atoms with van der Waals surface area (Å²) in [7, 11) is 0. The van der Waals surface area contributed by atoms with Crippen molar-refractivity contribution in [2.45, 2.75) is 137 Å². The van der Waals surface area contributed by atoms with Crippen molar-refractivity contribution in [3.63, 3.8) is 0 Å². The molecule has 45 heavy (non-hydrogen) atoms. The Morgan fingerprint density at radius 2 is 0.889 bits per heavy atom. The van der Waals surface area contributed by atoms with Gasteiger partial charge in [-0.3, -0.25) is 0 Å². The van der Waals surface area contributed by atoms with Crippen LogP contribution in [0.5, 0.6) is 0 Å². The van der Waals surface area contributed by atoms with Gasteiger partial charge in [-0.05, 0) is 94.7 Å². The first-order chi connectivity index (χ1) is 20.5. The molecule has 4 aromatic carbocycles. The van der Waals surface area contributed by atoms with Gasteiger partial charge in [-0.2, -0.15) is 0 Å². The largest absolute Gasteiger partial charge is 0.0622 e. The number of hydrogen-bond donors (Lipinski definition) is 0. The Bertz CT molecular complexity index is 1630. The van der Waals surface area contributed by atoms with Crippen LogP contribution in [0.15, 0.2) is 78.9 Å². The second-order valence-electron chi connectivity index (χ2n) is 18.4. The maximum absolute atomic E-state index is 2.52. The van der Waals surface area contributed by atoms with Crippen molar-refractivity contribution in [3.8, 4) is 22.3 Å². The molecule has 0 heterocycles. The Balaban J connectivity index is 2.42. The lowest BCUT2D eigenvalue weighted by Crippen LogP contribution is -2.29. The number of hydrogen-bond acceptors (Lipinski definition) is 0. The maximum atomic E-state index is 2.52. The second kappa shape index (κ2) is 11.9. The van der Waals surface area contributed by atoms with Gasteiger partial charge in [-0.1, -0.05) is 183 Å². The fourth-order valence-electron chi connectivity index (χ4n) is 7.20. The van der Waals surface area contributed by atoms with E-state index in [1.165, 1.54) is 61.2 Å². The third-order valence-corrected chi connectivity index (χ3v) is 9.10. The van der Waals surface area contributed by atoms with Gasteiger partial charge in [0.15, 0.2) is 0 Å². The lowest BCUT2D eigenvalue weighted by atomic mass is 9.63. The van der Waals surface area contributed by atoms with E-state index in [4.69, 9.17) is 0 Å². The van der Waals surface area contributed by atoms with Gasteiger partial charge in [0, 0.05) is 0 Å². The zero-order valence-electron chi connectivity index (χ0n) is 31.2. The van der Waals surface area contributed by atoms with Crippen molar-refractivity contribution in [1.82, 2.24) is 0 Å². The first kappa shape index (κ1) is 34.7. The van der Waals surface area contributed by atoms with Gasteiger partial charge in [-0.25, -0.2) is 0 Å². The fourth-order valence-corrected chi connectivity index (χ4v) is 7.20. The minimum absolute atomic E-state index is 0.0316. The summed E-state index contributed by atoms with van der Waals surface area (Å²) in [4.78, 5) is 0. The van der Waals surface area contributed by atoms with Crippen LogP contribution in [0, 0.1) is 0 Å². The minimum atomic E-state index is -0.108. The first-order valence-electron chi connectivity index (χ1n) is 17.0. The number of benzene rings is 4. The molecule has 0 unspecified atom stereocenters. The summed E-state index contributed by atoms with van der Waals surface area (Å²) in [6.07, 6.45) is 0.905. The summed E-state index contributed by atoms with van der Waals surface area (Å²) in [6, 6.07) is 29.7. The molecular formula is C45H60. The lowest BCUT2D eigenvalue weighted by molar-refractivity contribution is 0.542. The molecule has 0 amide bonds. The third-order valence-electron chi connectivity index (χ3n) is 9.10. The van der Waals surface area contributed by atoms with Crippen molar-refractivity contribution in [2.24, 2.45) is 0 Å². The van der Waals surface area contributed by atoms with E-state index in [0.29, 0.717) is 0 Å². The van der Waals surface area contributed by atoms with Crippen LogP contribution in [0.1, 0.15) is 143 Å². The topological polar surface area (TPSA) is 0 Å². The van der Waals surface area contributed by atoms with Crippen molar-refractivity contribution in [3.05, 3.63) is 118 Å². The van der Waals surface area contributed by atoms with E-state index in [1.807, 2.05) is 0 Å². The average molecular weight is 601 g/mol. The predicted molar refractivity (Wildman–Crippen MR) is 200 cm³/mol. The maximum Gasteiger partial charge on any atom is -0.00194 e. The predicted octanol–water partition coefficient (Wildman–Crippen LogP) is 13.1. The monoisotopic (exact) mass is 600 g/mol. The van der Waals surface area contributed by atoms with Gasteiger partial charge in [0.1, 0.15) is 0 Å². The standard InChI is InChI=1S/C45H60/c1-41(2,3)32-26-27-33(35(29-32)42(4,5)6)37-39(44(10,11)12)34(28-30-22-18-16-19-23-30)38(43(7,8)9)36(40(37)45(13,14)15)31-24-20-17-21-25-31/h16-27,29H,28H2,1-15H3. The molecule has 0 heteroatoms. The van der Waals surface area contributed by atoms with Crippen molar-refractivity contribution in [2.75, 3.05) is 0 Å². The second-order valence-corrected chi connectivity index (χ2v) is 18.4. The van der Waals surface area contributed by atoms with E-state index in [2.05, 4.69) is 183 Å². The summed E-state index contributed by atoms with van der Waals surface area (Å²) < 4.78 is 0. The summed E-state index contributed by atoms with van der Waals surface area (Å²) >= 11 is 0. The molecule has 0 bridgehead atoms. The van der Waals surface area contributed by atoms with E-state index >= 15 is 0 Å². The molecule has 0 N–H and O–H groups in total. The van der Waals surface area contributed by atoms with Gasteiger partial charge in [0.05, 0.1) is 0 Å². The van der Waals surface area contributed by atoms with E-state index in [0.717, 1.165) is 6.42 Å². The van der Waals surface area contributed by atoms with Crippen LogP contribution in [-0.4, -0.2) is 0 Å². The van der Waals surface area contributed by atoms with Gasteiger partial charge < -0.3 is 0 Å². The lowest BCUT2D eigenvalue weighted by Gasteiger charge is -2.41. The smallest absolute Gasteiger partial charge is 0.00194 e. The van der Waals surface area contributed by atoms with E-state index in [9.17, 15) is 0 Å². The highest BCUT2D eigenvalue weighted by Crippen LogP contribution is 2.54. The molecule has 0 radical (unpaired) electrons. The number of rotatable bonds is 4. The molecule has 0 saturated heterocycles. The zero-order chi connectivity index (χ0) is 33.8. The van der Waals surface area contributed by atoms with Crippen LogP contribution in [0.2, 0.25) is 0 Å². The van der Waals surface area contributed by atoms with Crippen LogP contribution in [0.3, 0.4) is 0 Å². The quantitative estimate of drug-likeness (QED) is 0.219. The van der Waals surface area contributed by atoms with Crippen molar-refractivity contribution in [1.29, 1.82) is 0 Å². The molecule has 0 aliphatic rings. The Morgan fingerprint density at radius 1 is 0.422 bits per heavy atom. The Hall–Kier alpha value is -3.12. The average Bonchev–Trinajstić information content (AvgIpc) is 2.90. The van der Waals surface area contributed by atoms with E-state index < -0.39 is 0 Å². The molecule has 4 rings (SSSR count). The minimum Gasteiger partial charge on any atom is -0.0622 e. The Kier molecular flexibility index (Phi) is 9.20. The third kappa shape index (κ3) is 7.32. The highest BCUT2D eigenvalue weighted by atomic mass is 14.4. The van der Waals surface area contributed by atoms with Gasteiger partial charge in [-0.15, -0.1) is 0 Å². The molecule has 0 atom stereocenters. The van der Waals surface area contributed by atoms with Gasteiger partial charge in [0.25, 0.3) is 0 Å². The molecule has 0 nitrogen and oxygen atoms in total. The zero-order valence-corrected chi connectivity index (χ0v) is 31.2. The van der Waals surface area contributed by atoms with Crippen LogP contribution < -0.4 is 0 Å². The highest BCUT2D eigenvalue weighted by molar-refractivity contribution is 5.89. The van der Waals surface area contributed by atoms with Crippen LogP contribution in [0.25, 0.3) is 22.3 Å². The van der Waals surface area contributed by atoms with E-state index in [-0.39, 0.29) is 27.1 Å². The molecule has 0 saturated carbocycles. The van der Waals surface area contributed by atoms with E-state index in [1.54, 1.807) is 0 Å². The first-order valence-corrected chi connectivity index (χ1v) is 17.0. The van der Waals surface area contributed by atoms with Crippen LogP contribution >= 0.6 is 0 Å². The van der Waals surface area contributed by atoms with Gasteiger partial charge >= 0.3 is 0 Å². The SMILES string of the molecule is CC(C)(C)c1ccc(-c2c(C(C)(C)C)c(Cc3ccccc3)c(C(C)(C)C)c(-c3ccccc3)c2C(C)(C)C)c(C(C)(C)C)c1. The van der Waals surface area contributed by atoms with Gasteiger partial charge in [0.2, 0.25) is 0 Å². The summed E-state index contributed by atoms with van der Waals surface area (Å²) in [5.41, 5.74) is 15.5. The molecule has 0 aliphatic carbocycles. The molecule has 0 fully saturated rings. The normalized spacial score (nSPS) is 13.3. The molecule has 240 valence electrons. The molecule has 0 aromatic heterocycles.